The summed E-state index contributed by atoms with van der Waals surface area (Å²) in [7, 11) is 0. The van der Waals surface area contributed by atoms with Crippen LogP contribution in [0.15, 0.2) is 12.7 Å². The molecule has 0 radical (unpaired) electrons. The van der Waals surface area contributed by atoms with E-state index in [-0.39, 0.29) is 0 Å². The Morgan fingerprint density at radius 3 is 2.57 bits per heavy atom. The molecule has 0 saturated heterocycles. The van der Waals surface area contributed by atoms with E-state index < -0.39 is 0 Å². The second kappa shape index (κ2) is 4.38. The molecule has 0 heterocycles. The number of halogens is 1. The van der Waals surface area contributed by atoms with Crippen molar-refractivity contribution in [1.29, 1.82) is 0 Å². The average molecular weight is 163 g/mol. The number of rotatable bonds is 3. The van der Waals surface area contributed by atoms with Gasteiger partial charge in [0.15, 0.2) is 0 Å². The van der Waals surface area contributed by atoms with Crippen molar-refractivity contribution in [1.82, 2.24) is 0 Å². The van der Waals surface area contributed by atoms with Gasteiger partial charge in [-0.3, -0.25) is 0 Å². The highest BCUT2D eigenvalue weighted by Crippen LogP contribution is 2.04. The zero-order chi connectivity index (χ0) is 5.70. The first-order valence-corrected chi connectivity index (χ1v) is 3.60. The van der Waals surface area contributed by atoms with Gasteiger partial charge < -0.3 is 0 Å². The predicted octanol–water partition coefficient (Wildman–Crippen LogP) is 2.59. The molecule has 42 valence electrons. The maximum Gasteiger partial charge on any atom is 0.00599 e. The highest BCUT2D eigenvalue weighted by Gasteiger charge is 1.92. The zero-order valence-electron chi connectivity index (χ0n) is 4.65. The van der Waals surface area contributed by atoms with Crippen LogP contribution in [0.1, 0.15) is 13.3 Å². The lowest BCUT2D eigenvalue weighted by Gasteiger charge is -1.98. The van der Waals surface area contributed by atoms with Crippen molar-refractivity contribution in [3.05, 3.63) is 12.7 Å². The van der Waals surface area contributed by atoms with E-state index in [4.69, 9.17) is 0 Å². The van der Waals surface area contributed by atoms with Gasteiger partial charge in [-0.05, 0) is 12.3 Å². The lowest BCUT2D eigenvalue weighted by atomic mass is 10.1. The molecule has 0 fully saturated rings. The minimum atomic E-state index is 0.748. The molecule has 0 saturated carbocycles. The van der Waals surface area contributed by atoms with Crippen molar-refractivity contribution in [3.8, 4) is 0 Å². The maximum absolute atomic E-state index is 3.63. The fourth-order valence-corrected chi connectivity index (χ4v) is 0.612. The van der Waals surface area contributed by atoms with Gasteiger partial charge in [0, 0.05) is 5.33 Å². The van der Waals surface area contributed by atoms with E-state index in [1.165, 1.54) is 0 Å². The standard InChI is InChI=1S/C6H11Br/c1-3-4-6(2)5-7/h3,6H,1,4-5H2,2H3/t6-/m1/s1. The van der Waals surface area contributed by atoms with E-state index in [2.05, 4.69) is 29.4 Å². The quantitative estimate of drug-likeness (QED) is 0.443. The van der Waals surface area contributed by atoms with Crippen LogP contribution in [0.3, 0.4) is 0 Å². The topological polar surface area (TPSA) is 0 Å². The summed E-state index contributed by atoms with van der Waals surface area (Å²) in [4.78, 5) is 0. The predicted molar refractivity (Wildman–Crippen MR) is 37.8 cm³/mol. The molecule has 0 aliphatic carbocycles. The second-order valence-electron chi connectivity index (χ2n) is 1.78. The molecule has 1 atom stereocenters. The molecule has 7 heavy (non-hydrogen) atoms. The highest BCUT2D eigenvalue weighted by atomic mass is 79.9. The second-order valence-corrected chi connectivity index (χ2v) is 2.43. The van der Waals surface area contributed by atoms with E-state index >= 15 is 0 Å². The molecule has 0 aromatic carbocycles. The highest BCUT2D eigenvalue weighted by molar-refractivity contribution is 9.09. The van der Waals surface area contributed by atoms with E-state index in [1.807, 2.05) is 6.08 Å². The van der Waals surface area contributed by atoms with Crippen LogP contribution in [-0.2, 0) is 0 Å². The van der Waals surface area contributed by atoms with Crippen LogP contribution in [0.25, 0.3) is 0 Å². The number of hydrogen-bond donors (Lipinski definition) is 0. The van der Waals surface area contributed by atoms with Gasteiger partial charge >= 0.3 is 0 Å². The van der Waals surface area contributed by atoms with Crippen LogP contribution in [0.4, 0.5) is 0 Å². The minimum absolute atomic E-state index is 0.748. The van der Waals surface area contributed by atoms with Crippen LogP contribution in [0, 0.1) is 5.92 Å². The Balaban J connectivity index is 2.98. The van der Waals surface area contributed by atoms with Crippen LogP contribution in [0.2, 0.25) is 0 Å². The average Bonchev–Trinajstić information content (AvgIpc) is 1.68. The van der Waals surface area contributed by atoms with Gasteiger partial charge in [0.2, 0.25) is 0 Å². The molecule has 1 heteroatoms. The van der Waals surface area contributed by atoms with Crippen molar-refractivity contribution in [3.63, 3.8) is 0 Å². The Labute approximate surface area is 53.7 Å². The van der Waals surface area contributed by atoms with Crippen molar-refractivity contribution in [2.45, 2.75) is 13.3 Å². The summed E-state index contributed by atoms with van der Waals surface area (Å²) in [6.45, 7) is 5.82. The Morgan fingerprint density at radius 2 is 2.43 bits per heavy atom. The Bertz CT molecular complexity index is 50.1. The lowest BCUT2D eigenvalue weighted by Crippen LogP contribution is -1.90. The summed E-state index contributed by atoms with van der Waals surface area (Å²) in [6.07, 6.45) is 3.07. The molecule has 0 N–H and O–H groups in total. The van der Waals surface area contributed by atoms with Crippen LogP contribution < -0.4 is 0 Å². The zero-order valence-corrected chi connectivity index (χ0v) is 6.24. The van der Waals surface area contributed by atoms with Gasteiger partial charge in [0.05, 0.1) is 0 Å². The molecule has 0 nitrogen and oxygen atoms in total. The first-order valence-electron chi connectivity index (χ1n) is 2.48. The fourth-order valence-electron chi connectivity index (χ4n) is 0.348. The molecule has 0 aliphatic heterocycles. The summed E-state index contributed by atoms with van der Waals surface area (Å²) in [5, 5.41) is 1.08. The molecule has 0 spiro atoms. The Morgan fingerprint density at radius 1 is 1.86 bits per heavy atom. The van der Waals surface area contributed by atoms with Crippen molar-refractivity contribution < 1.29 is 0 Å². The monoisotopic (exact) mass is 162 g/mol. The molecular formula is C6H11Br. The molecule has 0 aromatic heterocycles. The number of alkyl halides is 1. The lowest BCUT2D eigenvalue weighted by molar-refractivity contribution is 0.681. The summed E-state index contributed by atoms with van der Waals surface area (Å²) in [6, 6.07) is 0. The summed E-state index contributed by atoms with van der Waals surface area (Å²) in [5.74, 6) is 0.748. The number of allylic oxidation sites excluding steroid dienone is 1. The maximum atomic E-state index is 3.63. The normalized spacial score (nSPS) is 13.4. The first kappa shape index (κ1) is 7.22. The summed E-state index contributed by atoms with van der Waals surface area (Å²) in [5.41, 5.74) is 0. The van der Waals surface area contributed by atoms with Gasteiger partial charge in [0.25, 0.3) is 0 Å². The third-order valence-electron chi connectivity index (χ3n) is 0.832. The first-order chi connectivity index (χ1) is 3.31. The number of hydrogen-bond acceptors (Lipinski definition) is 0. The van der Waals surface area contributed by atoms with Gasteiger partial charge in [0.1, 0.15) is 0 Å². The van der Waals surface area contributed by atoms with Crippen LogP contribution in [-0.4, -0.2) is 5.33 Å². The van der Waals surface area contributed by atoms with Gasteiger partial charge in [-0.1, -0.05) is 28.9 Å². The molecule has 0 amide bonds. The Hall–Kier alpha value is 0.220. The fraction of sp³-hybridized carbons (Fsp3) is 0.667. The third-order valence-corrected chi connectivity index (χ3v) is 1.94. The van der Waals surface area contributed by atoms with E-state index in [1.54, 1.807) is 0 Å². The molecule has 0 bridgehead atoms. The molecule has 0 unspecified atom stereocenters. The summed E-state index contributed by atoms with van der Waals surface area (Å²) < 4.78 is 0. The van der Waals surface area contributed by atoms with Crippen molar-refractivity contribution in [2.75, 3.05) is 5.33 Å². The SMILES string of the molecule is C=CC[C@@H](C)CBr. The Kier molecular flexibility index (Phi) is 4.52. The van der Waals surface area contributed by atoms with Crippen molar-refractivity contribution >= 4 is 15.9 Å². The minimum Gasteiger partial charge on any atom is -0.103 e. The van der Waals surface area contributed by atoms with E-state index in [9.17, 15) is 0 Å². The van der Waals surface area contributed by atoms with Gasteiger partial charge in [-0.2, -0.15) is 0 Å². The molecular weight excluding hydrogens is 152 g/mol. The van der Waals surface area contributed by atoms with Crippen LogP contribution in [0.5, 0.6) is 0 Å². The van der Waals surface area contributed by atoms with Crippen LogP contribution >= 0.6 is 15.9 Å². The van der Waals surface area contributed by atoms with E-state index in [0.29, 0.717) is 0 Å². The summed E-state index contributed by atoms with van der Waals surface area (Å²) >= 11 is 3.37. The molecule has 0 rings (SSSR count). The van der Waals surface area contributed by atoms with Gasteiger partial charge in [-0.25, -0.2) is 0 Å². The third kappa shape index (κ3) is 4.07. The smallest absolute Gasteiger partial charge is 0.00599 e. The molecule has 0 aromatic rings. The van der Waals surface area contributed by atoms with Gasteiger partial charge in [-0.15, -0.1) is 6.58 Å². The molecule has 0 aliphatic rings. The largest absolute Gasteiger partial charge is 0.103 e. The van der Waals surface area contributed by atoms with Crippen molar-refractivity contribution in [2.24, 2.45) is 5.92 Å². The van der Waals surface area contributed by atoms with E-state index in [0.717, 1.165) is 17.7 Å².